The standard InChI is InChI=1S/C18H21N5O2/c1-22-16(24)9-15(14-6-7-19-11-20-14)21-18(22)23-8-2-3-13(10-23)17(25)12-4-5-12/h6-7,9,11-13H,2-5,8,10H2,1H3. The zero-order chi connectivity index (χ0) is 17.4. The average Bonchev–Trinajstić information content (AvgIpc) is 3.49. The second kappa shape index (κ2) is 6.38. The number of ketones is 1. The van der Waals surface area contributed by atoms with E-state index in [1.807, 2.05) is 0 Å². The smallest absolute Gasteiger partial charge is 0.255 e. The van der Waals surface area contributed by atoms with Crippen molar-refractivity contribution in [1.29, 1.82) is 0 Å². The Labute approximate surface area is 145 Å². The van der Waals surface area contributed by atoms with Crippen LogP contribution < -0.4 is 10.5 Å². The summed E-state index contributed by atoms with van der Waals surface area (Å²) in [5.74, 6) is 1.33. The number of hydrogen-bond acceptors (Lipinski definition) is 6. The van der Waals surface area contributed by atoms with E-state index in [9.17, 15) is 9.59 Å². The second-order valence-corrected chi connectivity index (χ2v) is 6.90. The Balaban J connectivity index is 1.65. The van der Waals surface area contributed by atoms with Gasteiger partial charge in [-0.1, -0.05) is 0 Å². The number of nitrogens with zero attached hydrogens (tertiary/aromatic N) is 5. The molecule has 0 amide bonds. The fraction of sp³-hybridized carbons (Fsp3) is 0.500. The van der Waals surface area contributed by atoms with E-state index in [0.717, 1.165) is 32.2 Å². The first-order valence-electron chi connectivity index (χ1n) is 8.76. The molecule has 3 heterocycles. The van der Waals surface area contributed by atoms with E-state index >= 15 is 0 Å². The lowest BCUT2D eigenvalue weighted by atomic mass is 9.91. The van der Waals surface area contributed by atoms with Crippen LogP contribution in [0.3, 0.4) is 0 Å². The molecule has 2 aromatic rings. The van der Waals surface area contributed by atoms with Crippen LogP contribution in [0.2, 0.25) is 0 Å². The number of aromatic nitrogens is 4. The minimum absolute atomic E-state index is 0.0564. The fourth-order valence-electron chi connectivity index (χ4n) is 3.48. The van der Waals surface area contributed by atoms with Crippen LogP contribution in [-0.2, 0) is 11.8 Å². The molecule has 1 aliphatic heterocycles. The van der Waals surface area contributed by atoms with Crippen molar-refractivity contribution in [3.8, 4) is 11.4 Å². The third kappa shape index (κ3) is 3.18. The van der Waals surface area contributed by atoms with Crippen molar-refractivity contribution in [2.75, 3.05) is 18.0 Å². The van der Waals surface area contributed by atoms with Gasteiger partial charge in [-0.3, -0.25) is 14.2 Å². The SMILES string of the molecule is Cn1c(N2CCCC(C(=O)C3CC3)C2)nc(-c2ccncn2)cc1=O. The van der Waals surface area contributed by atoms with Crippen LogP contribution >= 0.6 is 0 Å². The molecular formula is C18H21N5O2. The van der Waals surface area contributed by atoms with Crippen LogP contribution in [-0.4, -0.2) is 38.4 Å². The second-order valence-electron chi connectivity index (χ2n) is 6.90. The van der Waals surface area contributed by atoms with Gasteiger partial charge >= 0.3 is 0 Å². The Bertz CT molecular complexity index is 844. The van der Waals surface area contributed by atoms with Crippen LogP contribution in [0.4, 0.5) is 5.95 Å². The van der Waals surface area contributed by atoms with Crippen LogP contribution in [0.25, 0.3) is 11.4 Å². The number of carbonyl (C=O) groups excluding carboxylic acids is 1. The summed E-state index contributed by atoms with van der Waals surface area (Å²) in [5, 5.41) is 0. The number of hydrogen-bond donors (Lipinski definition) is 0. The predicted molar refractivity (Wildman–Crippen MR) is 93.2 cm³/mol. The van der Waals surface area contributed by atoms with Gasteiger partial charge in [0.25, 0.3) is 5.56 Å². The lowest BCUT2D eigenvalue weighted by Crippen LogP contribution is -2.42. The molecule has 1 saturated carbocycles. The zero-order valence-electron chi connectivity index (χ0n) is 14.3. The first-order chi connectivity index (χ1) is 12.1. The maximum atomic E-state index is 12.4. The monoisotopic (exact) mass is 339 g/mol. The highest BCUT2D eigenvalue weighted by Gasteiger charge is 2.37. The van der Waals surface area contributed by atoms with Crippen molar-refractivity contribution in [2.45, 2.75) is 25.7 Å². The summed E-state index contributed by atoms with van der Waals surface area (Å²) in [6.45, 7) is 1.45. The Morgan fingerprint density at radius 2 is 2.04 bits per heavy atom. The quantitative estimate of drug-likeness (QED) is 0.838. The Hall–Kier alpha value is -2.57. The van der Waals surface area contributed by atoms with Crippen LogP contribution in [0.5, 0.6) is 0 Å². The molecule has 4 rings (SSSR count). The lowest BCUT2D eigenvalue weighted by Gasteiger charge is -2.33. The summed E-state index contributed by atoms with van der Waals surface area (Å²) in [6.07, 6.45) is 7.03. The molecule has 0 spiro atoms. The van der Waals surface area contributed by atoms with Crippen molar-refractivity contribution in [2.24, 2.45) is 18.9 Å². The highest BCUT2D eigenvalue weighted by Crippen LogP contribution is 2.35. The fourth-order valence-corrected chi connectivity index (χ4v) is 3.48. The van der Waals surface area contributed by atoms with E-state index in [2.05, 4.69) is 19.9 Å². The van der Waals surface area contributed by atoms with Gasteiger partial charge in [0.15, 0.2) is 0 Å². The Kier molecular flexibility index (Phi) is 4.07. The molecule has 130 valence electrons. The highest BCUT2D eigenvalue weighted by atomic mass is 16.1. The third-order valence-corrected chi connectivity index (χ3v) is 5.04. The van der Waals surface area contributed by atoms with Gasteiger partial charge < -0.3 is 4.90 Å². The molecule has 2 fully saturated rings. The summed E-state index contributed by atoms with van der Waals surface area (Å²) in [4.78, 5) is 39.7. The van der Waals surface area contributed by atoms with Crippen molar-refractivity contribution in [3.63, 3.8) is 0 Å². The lowest BCUT2D eigenvalue weighted by molar-refractivity contribution is -0.124. The minimum atomic E-state index is -0.130. The molecule has 1 atom stereocenters. The highest BCUT2D eigenvalue weighted by molar-refractivity contribution is 5.86. The normalized spacial score (nSPS) is 20.5. The van der Waals surface area contributed by atoms with E-state index < -0.39 is 0 Å². The molecule has 25 heavy (non-hydrogen) atoms. The van der Waals surface area contributed by atoms with Crippen molar-refractivity contribution >= 4 is 11.7 Å². The molecule has 1 unspecified atom stereocenters. The molecule has 2 aliphatic rings. The van der Waals surface area contributed by atoms with Gasteiger partial charge in [-0.25, -0.2) is 15.0 Å². The van der Waals surface area contributed by atoms with Crippen LogP contribution in [0.15, 0.2) is 29.5 Å². The Morgan fingerprint density at radius 1 is 1.20 bits per heavy atom. The topological polar surface area (TPSA) is 81.0 Å². The molecule has 2 aromatic heterocycles. The number of rotatable bonds is 4. The maximum absolute atomic E-state index is 12.4. The Morgan fingerprint density at radius 3 is 2.76 bits per heavy atom. The van der Waals surface area contributed by atoms with Crippen molar-refractivity contribution in [1.82, 2.24) is 19.5 Å². The van der Waals surface area contributed by atoms with E-state index in [-0.39, 0.29) is 17.4 Å². The van der Waals surface area contributed by atoms with Crippen LogP contribution in [0.1, 0.15) is 25.7 Å². The summed E-state index contributed by atoms with van der Waals surface area (Å²) >= 11 is 0. The van der Waals surface area contributed by atoms with Gasteiger partial charge in [0.2, 0.25) is 5.95 Å². The summed E-state index contributed by atoms with van der Waals surface area (Å²) < 4.78 is 1.55. The van der Waals surface area contributed by atoms with E-state index in [1.165, 1.54) is 12.4 Å². The van der Waals surface area contributed by atoms with E-state index in [1.54, 1.807) is 23.9 Å². The maximum Gasteiger partial charge on any atom is 0.255 e. The van der Waals surface area contributed by atoms with Crippen molar-refractivity contribution in [3.05, 3.63) is 35.0 Å². The molecule has 0 radical (unpaired) electrons. The molecule has 0 bridgehead atoms. The predicted octanol–water partition coefficient (Wildman–Crippen LogP) is 1.43. The summed E-state index contributed by atoms with van der Waals surface area (Å²) in [7, 11) is 1.72. The molecule has 1 saturated heterocycles. The summed E-state index contributed by atoms with van der Waals surface area (Å²) in [5.41, 5.74) is 1.03. The molecular weight excluding hydrogens is 318 g/mol. The first-order valence-corrected chi connectivity index (χ1v) is 8.76. The number of piperidine rings is 1. The minimum Gasteiger partial charge on any atom is -0.341 e. The van der Waals surface area contributed by atoms with E-state index in [4.69, 9.17) is 0 Å². The van der Waals surface area contributed by atoms with Gasteiger partial charge in [-0.05, 0) is 31.7 Å². The van der Waals surface area contributed by atoms with Gasteiger partial charge in [0.05, 0.1) is 11.4 Å². The zero-order valence-corrected chi connectivity index (χ0v) is 14.3. The number of carbonyl (C=O) groups is 1. The van der Waals surface area contributed by atoms with Gasteiger partial charge in [0.1, 0.15) is 12.1 Å². The average molecular weight is 339 g/mol. The van der Waals surface area contributed by atoms with Gasteiger partial charge in [-0.15, -0.1) is 0 Å². The van der Waals surface area contributed by atoms with E-state index in [0.29, 0.717) is 29.7 Å². The number of Topliss-reactive ketones (excluding diaryl/α,β-unsaturated/α-hetero) is 1. The van der Waals surface area contributed by atoms with Crippen molar-refractivity contribution < 1.29 is 4.79 Å². The molecule has 7 heteroatoms. The first kappa shape index (κ1) is 15.9. The summed E-state index contributed by atoms with van der Waals surface area (Å²) in [6, 6.07) is 3.23. The number of anilines is 1. The third-order valence-electron chi connectivity index (χ3n) is 5.04. The molecule has 7 nitrogen and oxygen atoms in total. The molecule has 0 aromatic carbocycles. The largest absolute Gasteiger partial charge is 0.341 e. The van der Waals surface area contributed by atoms with Gasteiger partial charge in [0, 0.05) is 44.2 Å². The molecule has 0 N–H and O–H groups in total. The van der Waals surface area contributed by atoms with Crippen LogP contribution in [0, 0.1) is 11.8 Å². The van der Waals surface area contributed by atoms with Gasteiger partial charge in [-0.2, -0.15) is 0 Å². The molecule has 1 aliphatic carbocycles.